The molecule has 0 spiro atoms. The van der Waals surface area contributed by atoms with E-state index in [9.17, 15) is 9.59 Å². The van der Waals surface area contributed by atoms with Gasteiger partial charge >= 0.3 is 0 Å². The van der Waals surface area contributed by atoms with Crippen LogP contribution in [0, 0.1) is 5.92 Å². The first-order valence-corrected chi connectivity index (χ1v) is 8.69. The molecule has 0 aliphatic carbocycles. The van der Waals surface area contributed by atoms with Gasteiger partial charge in [0, 0.05) is 17.5 Å². The summed E-state index contributed by atoms with van der Waals surface area (Å²) >= 11 is 3.87. The highest BCUT2D eigenvalue weighted by Crippen LogP contribution is 2.25. The summed E-state index contributed by atoms with van der Waals surface area (Å²) in [7, 11) is 0. The average Bonchev–Trinajstić information content (AvgIpc) is 3.08. The average molecular weight is 343 g/mol. The topological polar surface area (TPSA) is 96.9 Å². The van der Waals surface area contributed by atoms with Crippen LogP contribution in [0.15, 0.2) is 15.9 Å². The van der Waals surface area contributed by atoms with Gasteiger partial charge < -0.3 is 10.6 Å². The lowest BCUT2D eigenvalue weighted by atomic mass is 10.2. The summed E-state index contributed by atoms with van der Waals surface area (Å²) in [4.78, 5) is 27.2. The number of hydrogen-bond acceptors (Lipinski definition) is 8. The Morgan fingerprint density at radius 1 is 1.29 bits per heavy atom. The number of amides is 2. The zero-order valence-electron chi connectivity index (χ0n) is 11.3. The molecule has 112 valence electrons. The van der Waals surface area contributed by atoms with Crippen molar-refractivity contribution in [3.63, 3.8) is 0 Å². The second-order valence-corrected chi connectivity index (χ2v) is 7.29. The molecule has 0 unspecified atom stereocenters. The molecule has 2 rings (SSSR count). The van der Waals surface area contributed by atoms with Gasteiger partial charge in [0.15, 0.2) is 9.47 Å². The van der Waals surface area contributed by atoms with Crippen LogP contribution >= 0.6 is 34.4 Å². The largest absolute Gasteiger partial charge is 0.301 e. The predicted molar refractivity (Wildman–Crippen MR) is 84.8 cm³/mol. The molecule has 0 atom stereocenters. The first kappa shape index (κ1) is 15.9. The molecule has 2 heterocycles. The number of thioether (sulfide) groups is 1. The van der Waals surface area contributed by atoms with E-state index >= 15 is 0 Å². The first-order chi connectivity index (χ1) is 10.0. The van der Waals surface area contributed by atoms with Gasteiger partial charge in [-0.1, -0.05) is 36.9 Å². The second kappa shape index (κ2) is 7.48. The molecule has 0 aromatic carbocycles. The first-order valence-electron chi connectivity index (χ1n) is 6.01. The normalized spacial score (nSPS) is 10.6. The molecule has 7 nitrogen and oxygen atoms in total. The second-order valence-electron chi connectivity index (χ2n) is 4.19. The molecule has 0 fully saturated rings. The monoisotopic (exact) mass is 343 g/mol. The standard InChI is InChI=1S/C11H13N5O2S3/c1-6(2)8(18)14-10-15-16-11(21-10)20-5-7(17)13-9-12-3-4-19-9/h3-4,6H,5H2,1-2H3,(H,12,13,17)(H,14,15,18). The molecule has 0 aliphatic rings. The van der Waals surface area contributed by atoms with E-state index in [1.807, 2.05) is 0 Å². The Balaban J connectivity index is 1.80. The number of hydrogen-bond donors (Lipinski definition) is 2. The lowest BCUT2D eigenvalue weighted by Crippen LogP contribution is -2.17. The van der Waals surface area contributed by atoms with Gasteiger partial charge in [-0.15, -0.1) is 21.5 Å². The van der Waals surface area contributed by atoms with Crippen LogP contribution in [0.1, 0.15) is 13.8 Å². The minimum Gasteiger partial charge on any atom is -0.301 e. The van der Waals surface area contributed by atoms with Crippen molar-refractivity contribution >= 4 is 56.5 Å². The van der Waals surface area contributed by atoms with Crippen LogP contribution in [0.4, 0.5) is 10.3 Å². The summed E-state index contributed by atoms with van der Waals surface area (Å²) < 4.78 is 0.628. The summed E-state index contributed by atoms with van der Waals surface area (Å²) in [5.74, 6) is -0.164. The van der Waals surface area contributed by atoms with Crippen LogP contribution in [0.5, 0.6) is 0 Å². The quantitative estimate of drug-likeness (QED) is 0.617. The minimum atomic E-state index is -0.155. The van der Waals surface area contributed by atoms with Crippen molar-refractivity contribution in [2.75, 3.05) is 16.4 Å². The molecular formula is C11H13N5O2S3. The molecule has 2 aromatic rings. The highest BCUT2D eigenvalue weighted by atomic mass is 32.2. The molecule has 2 amide bonds. The van der Waals surface area contributed by atoms with Crippen molar-refractivity contribution < 1.29 is 9.59 Å². The maximum atomic E-state index is 11.7. The zero-order valence-corrected chi connectivity index (χ0v) is 13.8. The fourth-order valence-electron chi connectivity index (χ4n) is 1.14. The number of aromatic nitrogens is 3. The van der Waals surface area contributed by atoms with E-state index in [-0.39, 0.29) is 23.5 Å². The summed E-state index contributed by atoms with van der Waals surface area (Å²) in [6, 6.07) is 0. The van der Waals surface area contributed by atoms with Crippen LogP contribution in [-0.4, -0.2) is 32.7 Å². The van der Waals surface area contributed by atoms with Crippen LogP contribution in [-0.2, 0) is 9.59 Å². The maximum Gasteiger partial charge on any atom is 0.236 e. The fourth-order valence-corrected chi connectivity index (χ4v) is 3.24. The third-order valence-electron chi connectivity index (χ3n) is 2.17. The van der Waals surface area contributed by atoms with Gasteiger partial charge in [-0.25, -0.2) is 4.98 Å². The Bertz CT molecular complexity index is 611. The van der Waals surface area contributed by atoms with E-state index in [1.165, 1.54) is 34.4 Å². The summed E-state index contributed by atoms with van der Waals surface area (Å²) in [6.07, 6.45) is 1.63. The van der Waals surface area contributed by atoms with Gasteiger partial charge in [0.1, 0.15) is 0 Å². The molecule has 0 bridgehead atoms. The van der Waals surface area contributed by atoms with E-state index in [0.29, 0.717) is 14.6 Å². The number of nitrogens with one attached hydrogen (secondary N) is 2. The Morgan fingerprint density at radius 2 is 2.10 bits per heavy atom. The van der Waals surface area contributed by atoms with Gasteiger partial charge in [0.25, 0.3) is 0 Å². The van der Waals surface area contributed by atoms with Gasteiger partial charge in [-0.05, 0) is 0 Å². The molecule has 0 radical (unpaired) electrons. The van der Waals surface area contributed by atoms with Crippen molar-refractivity contribution in [3.8, 4) is 0 Å². The van der Waals surface area contributed by atoms with Crippen molar-refractivity contribution in [1.29, 1.82) is 0 Å². The van der Waals surface area contributed by atoms with Gasteiger partial charge in [-0.3, -0.25) is 9.59 Å². The zero-order chi connectivity index (χ0) is 15.2. The molecule has 0 saturated heterocycles. The maximum absolute atomic E-state index is 11.7. The molecular weight excluding hydrogens is 330 g/mol. The third-order valence-corrected chi connectivity index (χ3v) is 4.83. The lowest BCUT2D eigenvalue weighted by molar-refractivity contribution is -0.119. The molecule has 21 heavy (non-hydrogen) atoms. The number of carbonyl (C=O) groups excluding carboxylic acids is 2. The van der Waals surface area contributed by atoms with Gasteiger partial charge in [0.2, 0.25) is 16.9 Å². The van der Waals surface area contributed by atoms with Crippen molar-refractivity contribution in [2.24, 2.45) is 5.92 Å². The number of nitrogens with zero attached hydrogens (tertiary/aromatic N) is 3. The Kier molecular flexibility index (Phi) is 5.65. The number of thiazole rings is 1. The van der Waals surface area contributed by atoms with Crippen LogP contribution < -0.4 is 10.6 Å². The van der Waals surface area contributed by atoms with E-state index < -0.39 is 0 Å². The smallest absolute Gasteiger partial charge is 0.236 e. The Labute approximate surface area is 133 Å². The SMILES string of the molecule is CC(C)C(=O)Nc1nnc(SCC(=O)Nc2nccs2)s1. The van der Waals surface area contributed by atoms with Gasteiger partial charge in [0.05, 0.1) is 5.75 Å². The van der Waals surface area contributed by atoms with E-state index in [1.54, 1.807) is 25.4 Å². The van der Waals surface area contributed by atoms with Crippen LogP contribution in [0.25, 0.3) is 0 Å². The highest BCUT2D eigenvalue weighted by Gasteiger charge is 2.12. The van der Waals surface area contributed by atoms with Crippen molar-refractivity contribution in [3.05, 3.63) is 11.6 Å². The molecule has 0 aliphatic heterocycles. The summed E-state index contributed by atoms with van der Waals surface area (Å²) in [5.41, 5.74) is 0. The molecule has 2 aromatic heterocycles. The number of rotatable bonds is 6. The highest BCUT2D eigenvalue weighted by molar-refractivity contribution is 8.01. The third kappa shape index (κ3) is 5.06. The summed E-state index contributed by atoms with van der Waals surface area (Å²) in [6.45, 7) is 3.60. The van der Waals surface area contributed by atoms with E-state index in [4.69, 9.17) is 0 Å². The number of carbonyl (C=O) groups is 2. The summed E-state index contributed by atoms with van der Waals surface area (Å²) in [5, 5.41) is 15.9. The molecule has 10 heteroatoms. The fraction of sp³-hybridized carbons (Fsp3) is 0.364. The van der Waals surface area contributed by atoms with E-state index in [2.05, 4.69) is 25.8 Å². The van der Waals surface area contributed by atoms with Crippen LogP contribution in [0.2, 0.25) is 0 Å². The predicted octanol–water partition coefficient (Wildman–Crippen LogP) is 2.32. The Hall–Kier alpha value is -1.52. The van der Waals surface area contributed by atoms with Crippen molar-refractivity contribution in [1.82, 2.24) is 15.2 Å². The molecule has 0 saturated carbocycles. The molecule has 2 N–H and O–H groups in total. The van der Waals surface area contributed by atoms with Crippen LogP contribution in [0.3, 0.4) is 0 Å². The lowest BCUT2D eigenvalue weighted by Gasteiger charge is -2.02. The minimum absolute atomic E-state index is 0.107. The number of anilines is 2. The van der Waals surface area contributed by atoms with Crippen molar-refractivity contribution in [2.45, 2.75) is 18.2 Å². The Morgan fingerprint density at radius 3 is 2.76 bits per heavy atom. The van der Waals surface area contributed by atoms with E-state index in [0.717, 1.165) is 0 Å². The van der Waals surface area contributed by atoms with Gasteiger partial charge in [-0.2, -0.15) is 0 Å².